The van der Waals surface area contributed by atoms with Crippen molar-refractivity contribution in [2.24, 2.45) is 0 Å². The molecule has 1 aromatic carbocycles. The van der Waals surface area contributed by atoms with Gasteiger partial charge in [-0.3, -0.25) is 14.7 Å². The van der Waals surface area contributed by atoms with Gasteiger partial charge in [-0.1, -0.05) is 30.3 Å². The van der Waals surface area contributed by atoms with E-state index in [0.29, 0.717) is 12.2 Å². The van der Waals surface area contributed by atoms with Crippen LogP contribution in [-0.4, -0.2) is 52.4 Å². The first-order chi connectivity index (χ1) is 10.3. The summed E-state index contributed by atoms with van der Waals surface area (Å²) >= 11 is 0. The minimum Gasteiger partial charge on any atom is -0.334 e. The zero-order chi connectivity index (χ0) is 14.7. The van der Waals surface area contributed by atoms with E-state index in [2.05, 4.69) is 34.0 Å². The van der Waals surface area contributed by atoms with Crippen molar-refractivity contribution in [3.63, 3.8) is 0 Å². The van der Waals surface area contributed by atoms with Crippen LogP contribution in [0, 0.1) is 0 Å². The fraction of sp³-hybridized carbons (Fsp3) is 0.312. The molecule has 0 bridgehead atoms. The Kier molecular flexibility index (Phi) is 3.92. The smallest absolute Gasteiger partial charge is 0.274 e. The van der Waals surface area contributed by atoms with E-state index in [4.69, 9.17) is 0 Å². The number of rotatable bonds is 2. The monoisotopic (exact) mass is 282 g/mol. The van der Waals surface area contributed by atoms with Crippen LogP contribution in [0.5, 0.6) is 0 Å². The maximum atomic E-state index is 12.5. The lowest BCUT2D eigenvalue weighted by Crippen LogP contribution is -2.49. The molecule has 2 aromatic rings. The Bertz CT molecular complexity index is 602. The quantitative estimate of drug-likeness (QED) is 0.839. The van der Waals surface area contributed by atoms with Gasteiger partial charge in [0.1, 0.15) is 5.69 Å². The Morgan fingerprint density at radius 2 is 2.00 bits per heavy atom. The second kappa shape index (κ2) is 6.01. The third kappa shape index (κ3) is 2.92. The van der Waals surface area contributed by atoms with Crippen LogP contribution in [0.1, 0.15) is 22.1 Å². The summed E-state index contributed by atoms with van der Waals surface area (Å²) in [4.78, 5) is 24.7. The van der Waals surface area contributed by atoms with Gasteiger partial charge in [-0.15, -0.1) is 0 Å². The number of carbonyl (C=O) groups excluding carboxylic acids is 1. The predicted octanol–water partition coefficient (Wildman–Crippen LogP) is 1.61. The van der Waals surface area contributed by atoms with Crippen molar-refractivity contribution in [3.8, 4) is 0 Å². The first-order valence-electron chi connectivity index (χ1n) is 7.06. The molecule has 3 rings (SSSR count). The third-order valence-electron chi connectivity index (χ3n) is 3.90. The van der Waals surface area contributed by atoms with Gasteiger partial charge in [-0.05, 0) is 12.6 Å². The minimum absolute atomic E-state index is 0.0443. The first kappa shape index (κ1) is 13.7. The molecule has 1 aliphatic heterocycles. The van der Waals surface area contributed by atoms with Crippen LogP contribution in [0.2, 0.25) is 0 Å². The first-order valence-corrected chi connectivity index (χ1v) is 7.06. The molecule has 0 spiro atoms. The largest absolute Gasteiger partial charge is 0.334 e. The molecule has 1 atom stereocenters. The molecule has 2 heterocycles. The highest BCUT2D eigenvalue weighted by Crippen LogP contribution is 2.24. The second-order valence-electron chi connectivity index (χ2n) is 5.25. The average molecular weight is 282 g/mol. The Hall–Kier alpha value is -2.27. The summed E-state index contributed by atoms with van der Waals surface area (Å²) in [5.41, 5.74) is 1.64. The van der Waals surface area contributed by atoms with Gasteiger partial charge in [0.25, 0.3) is 5.91 Å². The molecule has 1 unspecified atom stereocenters. The van der Waals surface area contributed by atoms with Crippen LogP contribution in [-0.2, 0) is 0 Å². The maximum absolute atomic E-state index is 12.5. The van der Waals surface area contributed by atoms with E-state index in [1.165, 1.54) is 11.8 Å². The van der Waals surface area contributed by atoms with E-state index in [1.54, 1.807) is 12.4 Å². The topological polar surface area (TPSA) is 49.3 Å². The highest BCUT2D eigenvalue weighted by molar-refractivity contribution is 5.92. The molecule has 0 aliphatic carbocycles. The van der Waals surface area contributed by atoms with Crippen molar-refractivity contribution >= 4 is 5.91 Å². The van der Waals surface area contributed by atoms with Crippen molar-refractivity contribution in [2.45, 2.75) is 6.04 Å². The number of carbonyl (C=O) groups is 1. The molecular weight excluding hydrogens is 264 g/mol. The van der Waals surface area contributed by atoms with E-state index in [-0.39, 0.29) is 11.9 Å². The molecular formula is C16H18N4O. The average Bonchev–Trinajstić information content (AvgIpc) is 2.56. The zero-order valence-corrected chi connectivity index (χ0v) is 12.0. The highest BCUT2D eigenvalue weighted by atomic mass is 16.2. The van der Waals surface area contributed by atoms with Crippen molar-refractivity contribution in [1.29, 1.82) is 0 Å². The van der Waals surface area contributed by atoms with Crippen LogP contribution in [0.4, 0.5) is 0 Å². The van der Waals surface area contributed by atoms with Crippen molar-refractivity contribution in [3.05, 3.63) is 60.2 Å². The van der Waals surface area contributed by atoms with Gasteiger partial charge in [-0.2, -0.15) is 0 Å². The van der Waals surface area contributed by atoms with Gasteiger partial charge in [0.05, 0.1) is 12.2 Å². The molecule has 1 aliphatic rings. The number of hydrogen-bond acceptors (Lipinski definition) is 4. The van der Waals surface area contributed by atoms with Crippen LogP contribution >= 0.6 is 0 Å². The number of hydrogen-bond donors (Lipinski definition) is 0. The molecule has 0 radical (unpaired) electrons. The summed E-state index contributed by atoms with van der Waals surface area (Å²) in [5, 5.41) is 0. The lowest BCUT2D eigenvalue weighted by atomic mass is 10.0. The van der Waals surface area contributed by atoms with Crippen molar-refractivity contribution < 1.29 is 4.79 Å². The van der Waals surface area contributed by atoms with E-state index < -0.39 is 0 Å². The second-order valence-corrected chi connectivity index (χ2v) is 5.25. The van der Waals surface area contributed by atoms with Gasteiger partial charge >= 0.3 is 0 Å². The van der Waals surface area contributed by atoms with Crippen LogP contribution < -0.4 is 0 Å². The molecule has 21 heavy (non-hydrogen) atoms. The van der Waals surface area contributed by atoms with Crippen molar-refractivity contribution in [2.75, 3.05) is 26.7 Å². The standard InChI is InChI=1S/C16H18N4O/c1-19-9-10-20(16(21)14-11-17-7-8-18-14)12-15(19)13-5-3-2-4-6-13/h2-8,11,15H,9-10,12H2,1H3. The van der Waals surface area contributed by atoms with Gasteiger partial charge in [-0.25, -0.2) is 4.98 Å². The summed E-state index contributed by atoms with van der Waals surface area (Å²) < 4.78 is 0. The molecule has 1 amide bonds. The molecule has 1 fully saturated rings. The molecule has 1 aromatic heterocycles. The summed E-state index contributed by atoms with van der Waals surface area (Å²) in [6.45, 7) is 2.25. The van der Waals surface area contributed by atoms with Crippen LogP contribution in [0.15, 0.2) is 48.9 Å². The molecule has 108 valence electrons. The molecule has 5 heteroatoms. The number of nitrogens with zero attached hydrogens (tertiary/aromatic N) is 4. The molecule has 5 nitrogen and oxygen atoms in total. The fourth-order valence-electron chi connectivity index (χ4n) is 2.66. The van der Waals surface area contributed by atoms with Gasteiger partial charge in [0.15, 0.2) is 0 Å². The fourth-order valence-corrected chi connectivity index (χ4v) is 2.66. The van der Waals surface area contributed by atoms with E-state index >= 15 is 0 Å². The van der Waals surface area contributed by atoms with E-state index in [0.717, 1.165) is 13.1 Å². The molecule has 0 saturated carbocycles. The molecule has 0 N–H and O–H groups in total. The number of likely N-dealkylation sites (N-methyl/N-ethyl adjacent to an activating group) is 1. The number of aromatic nitrogens is 2. The third-order valence-corrected chi connectivity index (χ3v) is 3.90. The summed E-state index contributed by atoms with van der Waals surface area (Å²) in [7, 11) is 2.10. The highest BCUT2D eigenvalue weighted by Gasteiger charge is 2.29. The van der Waals surface area contributed by atoms with Gasteiger partial charge < -0.3 is 4.90 Å². The van der Waals surface area contributed by atoms with Crippen molar-refractivity contribution in [1.82, 2.24) is 19.8 Å². The summed E-state index contributed by atoms with van der Waals surface area (Å²) in [6.07, 6.45) is 4.66. The molecule has 1 saturated heterocycles. The Morgan fingerprint density at radius 1 is 1.19 bits per heavy atom. The lowest BCUT2D eigenvalue weighted by molar-refractivity contribution is 0.0540. The number of amides is 1. The van der Waals surface area contributed by atoms with E-state index in [1.807, 2.05) is 23.1 Å². The van der Waals surface area contributed by atoms with Crippen LogP contribution in [0.3, 0.4) is 0 Å². The van der Waals surface area contributed by atoms with Gasteiger partial charge in [0.2, 0.25) is 0 Å². The number of benzene rings is 1. The van der Waals surface area contributed by atoms with Crippen LogP contribution in [0.25, 0.3) is 0 Å². The Balaban J connectivity index is 1.78. The zero-order valence-electron chi connectivity index (χ0n) is 12.0. The number of piperazine rings is 1. The van der Waals surface area contributed by atoms with E-state index in [9.17, 15) is 4.79 Å². The van der Waals surface area contributed by atoms with Gasteiger partial charge in [0, 0.05) is 32.0 Å². The summed E-state index contributed by atoms with van der Waals surface area (Å²) in [5.74, 6) is -0.0443. The SMILES string of the molecule is CN1CCN(C(=O)c2cnccn2)CC1c1ccccc1. The normalized spacial score (nSPS) is 19.5. The Labute approximate surface area is 124 Å². The predicted molar refractivity (Wildman–Crippen MR) is 79.7 cm³/mol. The summed E-state index contributed by atoms with van der Waals surface area (Å²) in [6, 6.07) is 10.5. The Morgan fingerprint density at radius 3 is 2.71 bits per heavy atom. The lowest BCUT2D eigenvalue weighted by Gasteiger charge is -2.39. The maximum Gasteiger partial charge on any atom is 0.274 e. The minimum atomic E-state index is -0.0443.